The molecule has 0 amide bonds. The van der Waals surface area contributed by atoms with Crippen molar-refractivity contribution in [3.63, 3.8) is 0 Å². The van der Waals surface area contributed by atoms with Gasteiger partial charge in [0.1, 0.15) is 11.4 Å². The van der Waals surface area contributed by atoms with Gasteiger partial charge in [0.15, 0.2) is 0 Å². The second kappa shape index (κ2) is 6.70. The van der Waals surface area contributed by atoms with Gasteiger partial charge in [-0.1, -0.05) is 0 Å². The predicted octanol–water partition coefficient (Wildman–Crippen LogP) is 2.19. The van der Waals surface area contributed by atoms with Crippen molar-refractivity contribution >= 4 is 11.7 Å². The Kier molecular flexibility index (Phi) is 5.51. The van der Waals surface area contributed by atoms with E-state index in [4.69, 9.17) is 4.74 Å². The molecule has 0 aliphatic carbocycles. The van der Waals surface area contributed by atoms with Crippen molar-refractivity contribution in [3.8, 4) is 0 Å². The van der Waals surface area contributed by atoms with Crippen LogP contribution in [0.2, 0.25) is 0 Å². The van der Waals surface area contributed by atoms with E-state index in [-0.39, 0.29) is 17.8 Å². The zero-order valence-corrected chi connectivity index (χ0v) is 12.7. The molecule has 0 fully saturated rings. The van der Waals surface area contributed by atoms with Gasteiger partial charge in [-0.15, -0.1) is 0 Å². The minimum Gasteiger partial charge on any atom is -0.468 e. The highest BCUT2D eigenvalue weighted by molar-refractivity contribution is 5.81. The van der Waals surface area contributed by atoms with E-state index in [1.54, 1.807) is 19.1 Å². The standard InChI is InChI=1S/C15H23FN2O2/c1-11(2)17-15(3,14(19)20-5)10-18(4)13-8-6-12(16)7-9-13/h6-9,11,17H,10H2,1-5H3. The minimum absolute atomic E-state index is 0.140. The molecule has 0 saturated carbocycles. The summed E-state index contributed by atoms with van der Waals surface area (Å²) in [6.07, 6.45) is 0. The lowest BCUT2D eigenvalue weighted by atomic mass is 10.00. The number of anilines is 1. The van der Waals surface area contributed by atoms with Crippen molar-refractivity contribution in [1.82, 2.24) is 5.32 Å². The van der Waals surface area contributed by atoms with Gasteiger partial charge in [0.25, 0.3) is 0 Å². The molecule has 1 N–H and O–H groups in total. The summed E-state index contributed by atoms with van der Waals surface area (Å²) in [6.45, 7) is 6.17. The topological polar surface area (TPSA) is 41.6 Å². The van der Waals surface area contributed by atoms with E-state index in [1.165, 1.54) is 19.2 Å². The third-order valence-electron chi connectivity index (χ3n) is 3.06. The summed E-state index contributed by atoms with van der Waals surface area (Å²) in [5, 5.41) is 3.23. The highest BCUT2D eigenvalue weighted by atomic mass is 19.1. The van der Waals surface area contributed by atoms with Crippen molar-refractivity contribution in [2.75, 3.05) is 25.6 Å². The van der Waals surface area contributed by atoms with Crippen LogP contribution < -0.4 is 10.2 Å². The number of carbonyl (C=O) groups is 1. The van der Waals surface area contributed by atoms with Gasteiger partial charge in [0.2, 0.25) is 0 Å². The first-order chi connectivity index (χ1) is 9.28. The first-order valence-electron chi connectivity index (χ1n) is 6.61. The third kappa shape index (κ3) is 4.20. The number of ether oxygens (including phenoxy) is 1. The maximum Gasteiger partial charge on any atom is 0.327 e. The molecular formula is C15H23FN2O2. The number of likely N-dealkylation sites (N-methyl/N-ethyl adjacent to an activating group) is 1. The van der Waals surface area contributed by atoms with Crippen molar-refractivity contribution < 1.29 is 13.9 Å². The molecule has 20 heavy (non-hydrogen) atoms. The normalized spacial score (nSPS) is 13.9. The van der Waals surface area contributed by atoms with Gasteiger partial charge < -0.3 is 9.64 Å². The number of nitrogens with zero attached hydrogens (tertiary/aromatic N) is 1. The van der Waals surface area contributed by atoms with Crippen molar-refractivity contribution in [3.05, 3.63) is 30.1 Å². The van der Waals surface area contributed by atoms with E-state index >= 15 is 0 Å². The molecule has 0 spiro atoms. The molecule has 1 aromatic rings. The van der Waals surface area contributed by atoms with Gasteiger partial charge >= 0.3 is 5.97 Å². The number of nitrogens with one attached hydrogen (secondary N) is 1. The molecule has 1 aromatic carbocycles. The number of methoxy groups -OCH3 is 1. The molecule has 0 aliphatic heterocycles. The van der Waals surface area contributed by atoms with Gasteiger partial charge in [-0.05, 0) is 45.0 Å². The molecule has 5 heteroatoms. The molecule has 4 nitrogen and oxygen atoms in total. The van der Waals surface area contributed by atoms with Crippen LogP contribution in [0.3, 0.4) is 0 Å². The second-order valence-corrected chi connectivity index (χ2v) is 5.46. The van der Waals surface area contributed by atoms with Crippen LogP contribution >= 0.6 is 0 Å². The van der Waals surface area contributed by atoms with Gasteiger partial charge in [-0.2, -0.15) is 0 Å². The van der Waals surface area contributed by atoms with Crippen molar-refractivity contribution in [2.45, 2.75) is 32.4 Å². The second-order valence-electron chi connectivity index (χ2n) is 5.46. The fraction of sp³-hybridized carbons (Fsp3) is 0.533. The van der Waals surface area contributed by atoms with E-state index in [1.807, 2.05) is 25.8 Å². The van der Waals surface area contributed by atoms with Crippen LogP contribution in [0.15, 0.2) is 24.3 Å². The minimum atomic E-state index is -0.827. The Labute approximate surface area is 119 Å². The summed E-state index contributed by atoms with van der Waals surface area (Å²) in [4.78, 5) is 13.9. The van der Waals surface area contributed by atoms with Crippen molar-refractivity contribution in [1.29, 1.82) is 0 Å². The Hall–Kier alpha value is -1.62. The zero-order chi connectivity index (χ0) is 15.3. The van der Waals surface area contributed by atoms with E-state index in [2.05, 4.69) is 5.32 Å². The SMILES string of the molecule is COC(=O)C(C)(CN(C)c1ccc(F)cc1)NC(C)C. The smallest absolute Gasteiger partial charge is 0.327 e. The summed E-state index contributed by atoms with van der Waals surface area (Å²) in [5.41, 5.74) is 0.0126. The molecule has 1 rings (SSSR count). The van der Waals surface area contributed by atoms with Gasteiger partial charge in [0, 0.05) is 25.3 Å². The summed E-state index contributed by atoms with van der Waals surface area (Å²) < 4.78 is 17.8. The molecule has 1 atom stereocenters. The van der Waals surface area contributed by atoms with Gasteiger partial charge in [-0.25, -0.2) is 9.18 Å². The summed E-state index contributed by atoms with van der Waals surface area (Å²) in [5.74, 6) is -0.599. The first kappa shape index (κ1) is 16.4. The third-order valence-corrected chi connectivity index (χ3v) is 3.06. The number of rotatable bonds is 6. The van der Waals surface area contributed by atoms with E-state index < -0.39 is 5.54 Å². The summed E-state index contributed by atoms with van der Waals surface area (Å²) >= 11 is 0. The first-order valence-corrected chi connectivity index (χ1v) is 6.61. The zero-order valence-electron chi connectivity index (χ0n) is 12.7. The highest BCUT2D eigenvalue weighted by Gasteiger charge is 2.36. The molecule has 1 unspecified atom stereocenters. The molecule has 112 valence electrons. The fourth-order valence-electron chi connectivity index (χ4n) is 2.29. The molecule has 0 aromatic heterocycles. The average Bonchev–Trinajstić information content (AvgIpc) is 2.37. The number of halogens is 1. The maximum atomic E-state index is 12.9. The van der Waals surface area contributed by atoms with Crippen LogP contribution in [0.25, 0.3) is 0 Å². The number of hydrogen-bond donors (Lipinski definition) is 1. The van der Waals surface area contributed by atoms with Crippen molar-refractivity contribution in [2.24, 2.45) is 0 Å². The Bertz CT molecular complexity index is 448. The lowest BCUT2D eigenvalue weighted by molar-refractivity contribution is -0.147. The van der Waals surface area contributed by atoms with Crippen LogP contribution in [-0.2, 0) is 9.53 Å². The number of esters is 1. The monoisotopic (exact) mass is 282 g/mol. The average molecular weight is 282 g/mol. The van der Waals surface area contributed by atoms with Crippen LogP contribution in [0.4, 0.5) is 10.1 Å². The van der Waals surface area contributed by atoms with E-state index in [9.17, 15) is 9.18 Å². The summed E-state index contributed by atoms with van der Waals surface area (Å²) in [7, 11) is 3.23. The van der Waals surface area contributed by atoms with E-state index in [0.717, 1.165) is 5.69 Å². The molecular weight excluding hydrogens is 259 g/mol. The Balaban J connectivity index is 2.88. The highest BCUT2D eigenvalue weighted by Crippen LogP contribution is 2.17. The van der Waals surface area contributed by atoms with Gasteiger partial charge in [-0.3, -0.25) is 5.32 Å². The molecule has 0 radical (unpaired) electrons. The quantitative estimate of drug-likeness (QED) is 0.812. The van der Waals surface area contributed by atoms with Crippen LogP contribution in [0.1, 0.15) is 20.8 Å². The largest absolute Gasteiger partial charge is 0.468 e. The maximum absolute atomic E-state index is 12.9. The predicted molar refractivity (Wildman–Crippen MR) is 78.4 cm³/mol. The number of hydrogen-bond acceptors (Lipinski definition) is 4. The Morgan fingerprint density at radius 3 is 2.40 bits per heavy atom. The lowest BCUT2D eigenvalue weighted by Crippen LogP contribution is -2.59. The molecule has 0 heterocycles. The number of carbonyl (C=O) groups excluding carboxylic acids is 1. The van der Waals surface area contributed by atoms with Crippen LogP contribution in [0.5, 0.6) is 0 Å². The molecule has 0 aliphatic rings. The Morgan fingerprint density at radius 2 is 1.95 bits per heavy atom. The van der Waals surface area contributed by atoms with Gasteiger partial charge in [0.05, 0.1) is 7.11 Å². The van der Waals surface area contributed by atoms with E-state index in [0.29, 0.717) is 6.54 Å². The van der Waals surface area contributed by atoms with Crippen LogP contribution in [-0.4, -0.2) is 38.3 Å². The number of benzene rings is 1. The Morgan fingerprint density at radius 1 is 1.40 bits per heavy atom. The fourth-order valence-corrected chi connectivity index (χ4v) is 2.29. The summed E-state index contributed by atoms with van der Waals surface area (Å²) in [6, 6.07) is 6.31. The lowest BCUT2D eigenvalue weighted by Gasteiger charge is -2.34. The molecule has 0 saturated heterocycles. The van der Waals surface area contributed by atoms with Crippen LogP contribution in [0, 0.1) is 5.82 Å². The molecule has 0 bridgehead atoms.